The fraction of sp³-hybridized carbons (Fsp3) is 0.125. The van der Waals surface area contributed by atoms with E-state index in [9.17, 15) is 19.7 Å². The molecule has 186 valence electrons. The summed E-state index contributed by atoms with van der Waals surface area (Å²) in [6, 6.07) is 14.8. The van der Waals surface area contributed by atoms with Crippen molar-refractivity contribution in [1.82, 2.24) is 5.43 Å². The summed E-state index contributed by atoms with van der Waals surface area (Å²) in [5, 5.41) is 18.0. The number of anilines is 1. The average Bonchev–Trinajstić information content (AvgIpc) is 2.85. The van der Waals surface area contributed by atoms with Crippen LogP contribution in [0.3, 0.4) is 0 Å². The molecule has 0 radical (unpaired) electrons. The molecule has 0 aliphatic heterocycles. The number of halogens is 2. The van der Waals surface area contributed by atoms with Crippen LogP contribution in [0.25, 0.3) is 0 Å². The first-order valence-electron chi connectivity index (χ1n) is 10.5. The number of nitro benzene ring substituents is 1. The Hall–Kier alpha value is -4.15. The number of carbonyl (C=O) groups is 2. The molecule has 36 heavy (non-hydrogen) atoms. The number of nitro groups is 1. The summed E-state index contributed by atoms with van der Waals surface area (Å²) in [5.74, 6) is -0.497. The van der Waals surface area contributed by atoms with Gasteiger partial charge in [0.15, 0.2) is 18.1 Å². The van der Waals surface area contributed by atoms with E-state index in [1.54, 1.807) is 37.3 Å². The van der Waals surface area contributed by atoms with E-state index in [1.807, 2.05) is 0 Å². The summed E-state index contributed by atoms with van der Waals surface area (Å²) in [5.41, 5.74) is 3.46. The standard InChI is InChI=1S/C24H20Cl2N4O6/c1-2-35-21-12-15(13-27-29-24(32)16-3-9-19(10-4-16)30(33)34)11-20(26)23(21)36-14-22(31)28-18-7-5-17(25)6-8-18/h3-13H,2,14H2,1H3,(H,28,31)(H,29,32)/b27-13+. The van der Waals surface area contributed by atoms with Crippen LogP contribution in [-0.4, -0.2) is 36.2 Å². The number of rotatable bonds is 10. The number of hydrazone groups is 1. The highest BCUT2D eigenvalue weighted by Crippen LogP contribution is 2.36. The number of hydrogen-bond acceptors (Lipinski definition) is 7. The molecule has 0 bridgehead atoms. The molecular weight excluding hydrogens is 511 g/mol. The topological polar surface area (TPSA) is 132 Å². The van der Waals surface area contributed by atoms with E-state index >= 15 is 0 Å². The van der Waals surface area contributed by atoms with Gasteiger partial charge in [0, 0.05) is 28.4 Å². The Labute approximate surface area is 216 Å². The van der Waals surface area contributed by atoms with Crippen molar-refractivity contribution in [3.05, 3.63) is 92.0 Å². The first-order chi connectivity index (χ1) is 17.3. The summed E-state index contributed by atoms with van der Waals surface area (Å²) in [4.78, 5) is 34.6. The predicted molar refractivity (Wildman–Crippen MR) is 136 cm³/mol. The van der Waals surface area contributed by atoms with Crippen molar-refractivity contribution in [1.29, 1.82) is 0 Å². The zero-order chi connectivity index (χ0) is 26.1. The molecule has 0 heterocycles. The minimum Gasteiger partial charge on any atom is -0.490 e. The molecule has 3 aromatic rings. The lowest BCUT2D eigenvalue weighted by molar-refractivity contribution is -0.384. The Morgan fingerprint density at radius 2 is 1.75 bits per heavy atom. The molecule has 0 spiro atoms. The fourth-order valence-corrected chi connectivity index (χ4v) is 3.30. The van der Waals surface area contributed by atoms with Gasteiger partial charge in [0.25, 0.3) is 17.5 Å². The quantitative estimate of drug-likeness (QED) is 0.213. The highest BCUT2D eigenvalue weighted by atomic mass is 35.5. The molecule has 0 aliphatic carbocycles. The lowest BCUT2D eigenvalue weighted by atomic mass is 10.2. The lowest BCUT2D eigenvalue weighted by Crippen LogP contribution is -2.20. The van der Waals surface area contributed by atoms with Crippen LogP contribution in [0.5, 0.6) is 11.5 Å². The molecule has 0 aromatic heterocycles. The number of nitrogens with one attached hydrogen (secondary N) is 2. The van der Waals surface area contributed by atoms with Crippen LogP contribution < -0.4 is 20.2 Å². The predicted octanol–water partition coefficient (Wildman–Crippen LogP) is 5.08. The fourth-order valence-electron chi connectivity index (χ4n) is 2.90. The highest BCUT2D eigenvalue weighted by Gasteiger charge is 2.15. The van der Waals surface area contributed by atoms with Crippen molar-refractivity contribution in [2.45, 2.75) is 6.92 Å². The third-order valence-electron chi connectivity index (χ3n) is 4.53. The van der Waals surface area contributed by atoms with E-state index < -0.39 is 16.7 Å². The minimum atomic E-state index is -0.557. The van der Waals surface area contributed by atoms with Crippen LogP contribution >= 0.6 is 23.2 Å². The highest BCUT2D eigenvalue weighted by molar-refractivity contribution is 6.32. The van der Waals surface area contributed by atoms with Crippen LogP contribution in [0.1, 0.15) is 22.8 Å². The molecule has 2 N–H and O–H groups in total. The summed E-state index contributed by atoms with van der Waals surface area (Å²) in [6.07, 6.45) is 1.34. The number of hydrogen-bond donors (Lipinski definition) is 2. The second-order valence-electron chi connectivity index (χ2n) is 7.11. The third kappa shape index (κ3) is 7.42. The number of benzene rings is 3. The molecule has 0 aliphatic rings. The van der Waals surface area contributed by atoms with Crippen molar-refractivity contribution >= 4 is 52.6 Å². The second-order valence-corrected chi connectivity index (χ2v) is 7.95. The van der Waals surface area contributed by atoms with Crippen LogP contribution in [0, 0.1) is 10.1 Å². The van der Waals surface area contributed by atoms with Crippen LogP contribution in [0.4, 0.5) is 11.4 Å². The number of nitrogens with zero attached hydrogens (tertiary/aromatic N) is 2. The summed E-state index contributed by atoms with van der Waals surface area (Å²) in [7, 11) is 0. The summed E-state index contributed by atoms with van der Waals surface area (Å²) in [6.45, 7) is 1.76. The van der Waals surface area contributed by atoms with E-state index in [0.717, 1.165) is 0 Å². The van der Waals surface area contributed by atoms with E-state index in [4.69, 9.17) is 32.7 Å². The van der Waals surface area contributed by atoms with Gasteiger partial charge in [-0.3, -0.25) is 19.7 Å². The molecule has 0 atom stereocenters. The number of non-ortho nitro benzene ring substituents is 1. The van der Waals surface area contributed by atoms with Crippen LogP contribution in [-0.2, 0) is 4.79 Å². The van der Waals surface area contributed by atoms with Crippen molar-refractivity contribution in [2.24, 2.45) is 5.10 Å². The van der Waals surface area contributed by atoms with E-state index in [-0.39, 0.29) is 34.4 Å². The van der Waals surface area contributed by atoms with Gasteiger partial charge in [0.2, 0.25) is 0 Å². The van der Waals surface area contributed by atoms with Crippen molar-refractivity contribution in [3.63, 3.8) is 0 Å². The third-order valence-corrected chi connectivity index (χ3v) is 5.06. The maximum Gasteiger partial charge on any atom is 0.271 e. The Kier molecular flexibility index (Phi) is 9.20. The zero-order valence-corrected chi connectivity index (χ0v) is 20.4. The molecule has 0 unspecified atom stereocenters. The minimum absolute atomic E-state index is 0.127. The van der Waals surface area contributed by atoms with Crippen LogP contribution in [0.2, 0.25) is 10.0 Å². The monoisotopic (exact) mass is 530 g/mol. The van der Waals surface area contributed by atoms with Crippen molar-refractivity contribution < 1.29 is 24.0 Å². The summed E-state index contributed by atoms with van der Waals surface area (Å²) < 4.78 is 11.2. The molecule has 0 saturated heterocycles. The molecule has 10 nitrogen and oxygen atoms in total. The van der Waals surface area contributed by atoms with Gasteiger partial charge in [0.05, 0.1) is 22.8 Å². The number of carbonyl (C=O) groups excluding carboxylic acids is 2. The normalized spacial score (nSPS) is 10.6. The van der Waals surface area contributed by atoms with Gasteiger partial charge in [-0.2, -0.15) is 5.10 Å². The Morgan fingerprint density at radius 1 is 1.06 bits per heavy atom. The van der Waals surface area contributed by atoms with Gasteiger partial charge >= 0.3 is 0 Å². The molecular formula is C24H20Cl2N4O6. The Balaban J connectivity index is 1.64. The Bertz CT molecular complexity index is 1280. The van der Waals surface area contributed by atoms with Crippen molar-refractivity contribution in [2.75, 3.05) is 18.5 Å². The van der Waals surface area contributed by atoms with Crippen molar-refractivity contribution in [3.8, 4) is 11.5 Å². The summed E-state index contributed by atoms with van der Waals surface area (Å²) >= 11 is 12.2. The lowest BCUT2D eigenvalue weighted by Gasteiger charge is -2.14. The van der Waals surface area contributed by atoms with Gasteiger partial charge in [0.1, 0.15) is 0 Å². The molecule has 2 amide bonds. The maximum absolute atomic E-state index is 12.2. The SMILES string of the molecule is CCOc1cc(/C=N/NC(=O)c2ccc([N+](=O)[O-])cc2)cc(Cl)c1OCC(=O)Nc1ccc(Cl)cc1. The number of ether oxygens (including phenoxy) is 2. The molecule has 3 aromatic carbocycles. The first kappa shape index (κ1) is 26.5. The van der Waals surface area contributed by atoms with E-state index in [2.05, 4.69) is 15.8 Å². The zero-order valence-electron chi connectivity index (χ0n) is 18.9. The number of amides is 2. The second kappa shape index (κ2) is 12.5. The molecule has 3 rings (SSSR count). The van der Waals surface area contributed by atoms with Gasteiger partial charge in [-0.25, -0.2) is 5.43 Å². The van der Waals surface area contributed by atoms with Crippen LogP contribution in [0.15, 0.2) is 65.8 Å². The first-order valence-corrected chi connectivity index (χ1v) is 11.2. The molecule has 12 heteroatoms. The van der Waals surface area contributed by atoms with Gasteiger partial charge in [-0.15, -0.1) is 0 Å². The smallest absolute Gasteiger partial charge is 0.271 e. The van der Waals surface area contributed by atoms with E-state index in [1.165, 1.54) is 36.5 Å². The molecule has 0 fully saturated rings. The molecule has 0 saturated carbocycles. The largest absolute Gasteiger partial charge is 0.490 e. The maximum atomic E-state index is 12.2. The Morgan fingerprint density at radius 3 is 2.39 bits per heavy atom. The van der Waals surface area contributed by atoms with E-state index in [0.29, 0.717) is 22.9 Å². The van der Waals surface area contributed by atoms with Gasteiger partial charge in [-0.1, -0.05) is 23.2 Å². The van der Waals surface area contributed by atoms with Gasteiger partial charge in [-0.05, 0) is 61.0 Å². The van der Waals surface area contributed by atoms with Gasteiger partial charge < -0.3 is 14.8 Å². The average molecular weight is 531 g/mol.